The SMILES string of the molecule is COC(=O)[C@H](CSC(=O)[C@H](C)c1ccc(CC(C)C)cc1)NC(C)=O. The minimum absolute atomic E-state index is 0.0455. The molecule has 1 aromatic rings. The third-order valence-electron chi connectivity index (χ3n) is 3.73. The van der Waals surface area contributed by atoms with Crippen LogP contribution >= 0.6 is 11.8 Å². The van der Waals surface area contributed by atoms with Crippen molar-refractivity contribution in [3.8, 4) is 0 Å². The number of ether oxygens (including phenoxy) is 1. The zero-order valence-corrected chi connectivity index (χ0v) is 16.3. The first-order valence-corrected chi connectivity index (χ1v) is 9.33. The summed E-state index contributed by atoms with van der Waals surface area (Å²) < 4.78 is 4.66. The Morgan fingerprint density at radius 3 is 2.20 bits per heavy atom. The number of methoxy groups -OCH3 is 1. The molecule has 6 heteroatoms. The first-order valence-electron chi connectivity index (χ1n) is 8.35. The fraction of sp³-hybridized carbons (Fsp3) is 0.526. The van der Waals surface area contributed by atoms with Gasteiger partial charge < -0.3 is 10.1 Å². The lowest BCUT2D eigenvalue weighted by molar-refractivity contribution is -0.144. The summed E-state index contributed by atoms with van der Waals surface area (Å²) in [5.74, 6) is -0.433. The molecule has 0 saturated heterocycles. The van der Waals surface area contributed by atoms with Gasteiger partial charge in [-0.1, -0.05) is 56.8 Å². The number of carbonyl (C=O) groups excluding carboxylic acids is 3. The van der Waals surface area contributed by atoms with Crippen molar-refractivity contribution in [3.05, 3.63) is 35.4 Å². The van der Waals surface area contributed by atoms with Gasteiger partial charge in [-0.2, -0.15) is 0 Å². The van der Waals surface area contributed by atoms with Crippen LogP contribution in [-0.4, -0.2) is 35.9 Å². The molecule has 0 radical (unpaired) electrons. The monoisotopic (exact) mass is 365 g/mol. The van der Waals surface area contributed by atoms with E-state index in [1.165, 1.54) is 19.6 Å². The van der Waals surface area contributed by atoms with Crippen LogP contribution in [0.2, 0.25) is 0 Å². The number of rotatable bonds is 8. The molecule has 1 rings (SSSR count). The van der Waals surface area contributed by atoms with Crippen molar-refractivity contribution in [1.82, 2.24) is 5.32 Å². The molecular formula is C19H27NO4S. The Hall–Kier alpha value is -1.82. The van der Waals surface area contributed by atoms with E-state index in [1.54, 1.807) is 0 Å². The van der Waals surface area contributed by atoms with E-state index in [9.17, 15) is 14.4 Å². The van der Waals surface area contributed by atoms with Crippen molar-refractivity contribution in [3.63, 3.8) is 0 Å². The highest BCUT2D eigenvalue weighted by molar-refractivity contribution is 8.13. The zero-order valence-electron chi connectivity index (χ0n) is 15.5. The molecule has 0 bridgehead atoms. The first-order chi connectivity index (χ1) is 11.7. The molecule has 0 aliphatic carbocycles. The molecule has 1 N–H and O–H groups in total. The van der Waals surface area contributed by atoms with Gasteiger partial charge in [-0.25, -0.2) is 4.79 Å². The van der Waals surface area contributed by atoms with Gasteiger partial charge in [0.15, 0.2) is 5.12 Å². The van der Waals surface area contributed by atoms with Crippen molar-refractivity contribution < 1.29 is 19.1 Å². The Morgan fingerprint density at radius 2 is 1.72 bits per heavy atom. The van der Waals surface area contributed by atoms with Crippen molar-refractivity contribution in [1.29, 1.82) is 0 Å². The van der Waals surface area contributed by atoms with Crippen molar-refractivity contribution in [2.75, 3.05) is 12.9 Å². The third kappa shape index (κ3) is 7.30. The summed E-state index contributed by atoms with van der Waals surface area (Å²) in [7, 11) is 1.25. The lowest BCUT2D eigenvalue weighted by Crippen LogP contribution is -2.42. The lowest BCUT2D eigenvalue weighted by atomic mass is 9.97. The third-order valence-corrected chi connectivity index (χ3v) is 4.87. The van der Waals surface area contributed by atoms with Crippen LogP contribution in [0.1, 0.15) is 44.7 Å². The van der Waals surface area contributed by atoms with Crippen LogP contribution in [0, 0.1) is 5.92 Å². The van der Waals surface area contributed by atoms with Crippen LogP contribution in [0.15, 0.2) is 24.3 Å². The van der Waals surface area contributed by atoms with Crippen LogP contribution in [0.25, 0.3) is 0 Å². The van der Waals surface area contributed by atoms with Crippen molar-refractivity contribution in [2.24, 2.45) is 5.92 Å². The minimum Gasteiger partial charge on any atom is -0.467 e. The number of carbonyl (C=O) groups is 3. The van der Waals surface area contributed by atoms with Crippen LogP contribution in [0.5, 0.6) is 0 Å². The van der Waals surface area contributed by atoms with E-state index in [4.69, 9.17) is 0 Å². The number of amides is 1. The van der Waals surface area contributed by atoms with Crippen LogP contribution in [0.4, 0.5) is 0 Å². The van der Waals surface area contributed by atoms with Gasteiger partial charge in [-0.15, -0.1) is 0 Å². The molecule has 1 amide bonds. The number of hydrogen-bond acceptors (Lipinski definition) is 5. The topological polar surface area (TPSA) is 72.5 Å². The molecule has 0 aromatic heterocycles. The Bertz CT molecular complexity index is 598. The molecule has 0 saturated carbocycles. The van der Waals surface area contributed by atoms with E-state index in [0.717, 1.165) is 23.7 Å². The number of benzene rings is 1. The molecule has 0 unspecified atom stereocenters. The lowest BCUT2D eigenvalue weighted by Gasteiger charge is -2.16. The molecule has 138 valence electrons. The molecule has 0 aliphatic heterocycles. The Morgan fingerprint density at radius 1 is 1.12 bits per heavy atom. The van der Waals surface area contributed by atoms with Crippen molar-refractivity contribution in [2.45, 2.75) is 46.1 Å². The molecule has 25 heavy (non-hydrogen) atoms. The molecule has 2 atom stereocenters. The number of nitrogens with one attached hydrogen (secondary N) is 1. The quantitative estimate of drug-likeness (QED) is 0.717. The molecule has 0 fully saturated rings. The van der Waals surface area contributed by atoms with Gasteiger partial charge in [-0.3, -0.25) is 9.59 Å². The summed E-state index contributed by atoms with van der Waals surface area (Å²) in [6.07, 6.45) is 1.01. The summed E-state index contributed by atoms with van der Waals surface area (Å²) >= 11 is 1.03. The smallest absolute Gasteiger partial charge is 0.329 e. The van der Waals surface area contributed by atoms with Gasteiger partial charge >= 0.3 is 5.97 Å². The molecular weight excluding hydrogens is 338 g/mol. The van der Waals surface area contributed by atoms with Gasteiger partial charge in [0.1, 0.15) is 6.04 Å². The zero-order chi connectivity index (χ0) is 19.0. The fourth-order valence-electron chi connectivity index (χ4n) is 2.40. The highest BCUT2D eigenvalue weighted by Gasteiger charge is 2.24. The predicted octanol–water partition coefficient (Wildman–Crippen LogP) is 2.93. The molecule has 0 spiro atoms. The summed E-state index contributed by atoms with van der Waals surface area (Å²) in [6.45, 7) is 7.51. The predicted molar refractivity (Wildman–Crippen MR) is 100 cm³/mol. The number of hydrogen-bond donors (Lipinski definition) is 1. The van der Waals surface area contributed by atoms with E-state index in [2.05, 4.69) is 36.0 Å². The van der Waals surface area contributed by atoms with E-state index in [1.807, 2.05) is 19.1 Å². The van der Waals surface area contributed by atoms with E-state index >= 15 is 0 Å². The van der Waals surface area contributed by atoms with Crippen LogP contribution in [0.3, 0.4) is 0 Å². The Kier molecular flexibility index (Phi) is 8.69. The second-order valence-corrected chi connectivity index (χ2v) is 7.49. The Balaban J connectivity index is 2.65. The van der Waals surface area contributed by atoms with Gasteiger partial charge in [0.25, 0.3) is 0 Å². The normalized spacial score (nSPS) is 13.2. The van der Waals surface area contributed by atoms with Gasteiger partial charge in [0, 0.05) is 12.7 Å². The van der Waals surface area contributed by atoms with E-state index < -0.39 is 12.0 Å². The standard InChI is InChI=1S/C19H27NO4S/c1-12(2)10-15-6-8-16(9-7-15)13(3)19(23)25-11-17(18(22)24-5)20-14(4)21/h6-9,12-13,17H,10-11H2,1-5H3,(H,20,21)/t13-,17+/m1/s1. The van der Waals surface area contributed by atoms with Gasteiger partial charge in [0.05, 0.1) is 13.0 Å². The van der Waals surface area contributed by atoms with E-state index in [0.29, 0.717) is 5.92 Å². The molecule has 1 aromatic carbocycles. The fourth-order valence-corrected chi connectivity index (χ4v) is 3.33. The van der Waals surface area contributed by atoms with E-state index in [-0.39, 0.29) is 22.7 Å². The number of thioether (sulfide) groups is 1. The van der Waals surface area contributed by atoms with Crippen molar-refractivity contribution >= 4 is 28.8 Å². The summed E-state index contributed by atoms with van der Waals surface area (Å²) in [6, 6.07) is 7.24. The van der Waals surface area contributed by atoms with Crippen LogP contribution < -0.4 is 5.32 Å². The average Bonchev–Trinajstić information content (AvgIpc) is 2.56. The van der Waals surface area contributed by atoms with Gasteiger partial charge in [0.2, 0.25) is 5.91 Å². The maximum atomic E-state index is 12.4. The second kappa shape index (κ2) is 10.2. The first kappa shape index (κ1) is 21.2. The minimum atomic E-state index is -0.822. The maximum Gasteiger partial charge on any atom is 0.329 e. The summed E-state index contributed by atoms with van der Waals surface area (Å²) in [5, 5.41) is 2.46. The van der Waals surface area contributed by atoms with Crippen LogP contribution in [-0.2, 0) is 25.5 Å². The summed E-state index contributed by atoms with van der Waals surface area (Å²) in [5.41, 5.74) is 2.20. The highest BCUT2D eigenvalue weighted by atomic mass is 32.2. The Labute approximate surface area is 153 Å². The maximum absolute atomic E-state index is 12.4. The second-order valence-electron chi connectivity index (χ2n) is 6.47. The molecule has 0 aliphatic rings. The average molecular weight is 365 g/mol. The molecule has 5 nitrogen and oxygen atoms in total. The number of esters is 1. The highest BCUT2D eigenvalue weighted by Crippen LogP contribution is 2.24. The largest absolute Gasteiger partial charge is 0.467 e. The molecule has 0 heterocycles. The van der Waals surface area contributed by atoms with Gasteiger partial charge in [-0.05, 0) is 23.5 Å². The summed E-state index contributed by atoms with van der Waals surface area (Å²) in [4.78, 5) is 35.2.